The standard InChI is InChI=1S/C11H16N2O4/c14-10(15)3-1-2-9-12-11(13-17-9)8-4-6-16-7-5-8/h8H,1-7H2,(H,14,15). The summed E-state index contributed by atoms with van der Waals surface area (Å²) in [6.07, 6.45) is 3.05. The minimum atomic E-state index is -0.797. The highest BCUT2D eigenvalue weighted by Gasteiger charge is 2.21. The number of nitrogens with zero attached hydrogens (tertiary/aromatic N) is 2. The second-order valence-corrected chi connectivity index (χ2v) is 4.18. The van der Waals surface area contributed by atoms with Crippen LogP contribution in [0.15, 0.2) is 4.52 Å². The van der Waals surface area contributed by atoms with E-state index in [1.54, 1.807) is 0 Å². The molecule has 0 aromatic carbocycles. The van der Waals surface area contributed by atoms with Crippen molar-refractivity contribution in [1.82, 2.24) is 10.1 Å². The zero-order valence-corrected chi connectivity index (χ0v) is 9.59. The van der Waals surface area contributed by atoms with Gasteiger partial charge in [0.25, 0.3) is 0 Å². The van der Waals surface area contributed by atoms with Crippen LogP contribution >= 0.6 is 0 Å². The second kappa shape index (κ2) is 5.77. The molecule has 0 amide bonds. The van der Waals surface area contributed by atoms with Crippen LogP contribution in [-0.2, 0) is 16.0 Å². The summed E-state index contributed by atoms with van der Waals surface area (Å²) in [6, 6.07) is 0. The molecule has 0 unspecified atom stereocenters. The Bertz CT molecular complexity index is 371. The molecule has 0 radical (unpaired) electrons. The number of carboxylic acid groups (broad SMARTS) is 1. The third kappa shape index (κ3) is 3.52. The smallest absolute Gasteiger partial charge is 0.303 e. The average molecular weight is 240 g/mol. The molecule has 1 aromatic heterocycles. The molecule has 0 bridgehead atoms. The van der Waals surface area contributed by atoms with E-state index in [4.69, 9.17) is 14.4 Å². The lowest BCUT2D eigenvalue weighted by molar-refractivity contribution is -0.137. The fraction of sp³-hybridized carbons (Fsp3) is 0.727. The van der Waals surface area contributed by atoms with Gasteiger partial charge in [-0.25, -0.2) is 0 Å². The molecule has 2 heterocycles. The summed E-state index contributed by atoms with van der Waals surface area (Å²) in [6.45, 7) is 1.49. The molecule has 1 aliphatic heterocycles. The van der Waals surface area contributed by atoms with Crippen molar-refractivity contribution in [2.24, 2.45) is 0 Å². The predicted molar refractivity (Wildman–Crippen MR) is 57.7 cm³/mol. The van der Waals surface area contributed by atoms with E-state index in [2.05, 4.69) is 10.1 Å². The normalized spacial score (nSPS) is 17.2. The van der Waals surface area contributed by atoms with E-state index in [1.165, 1.54) is 0 Å². The Balaban J connectivity index is 1.84. The quantitative estimate of drug-likeness (QED) is 0.836. The van der Waals surface area contributed by atoms with Crippen molar-refractivity contribution in [2.45, 2.75) is 38.0 Å². The van der Waals surface area contributed by atoms with Crippen LogP contribution in [0.25, 0.3) is 0 Å². The van der Waals surface area contributed by atoms with Crippen molar-refractivity contribution in [3.05, 3.63) is 11.7 Å². The van der Waals surface area contributed by atoms with Gasteiger partial charge in [0.2, 0.25) is 5.89 Å². The molecule has 0 aliphatic carbocycles. The number of hydrogen-bond acceptors (Lipinski definition) is 5. The molecule has 94 valence electrons. The summed E-state index contributed by atoms with van der Waals surface area (Å²) in [5.74, 6) is 0.793. The molecule has 17 heavy (non-hydrogen) atoms. The highest BCUT2D eigenvalue weighted by Crippen LogP contribution is 2.24. The average Bonchev–Trinajstić information content (AvgIpc) is 2.78. The molecule has 1 aromatic rings. The van der Waals surface area contributed by atoms with E-state index in [1.807, 2.05) is 0 Å². The Morgan fingerprint density at radius 3 is 2.88 bits per heavy atom. The highest BCUT2D eigenvalue weighted by molar-refractivity contribution is 5.66. The number of aryl methyl sites for hydroxylation is 1. The predicted octanol–water partition coefficient (Wildman–Crippen LogP) is 1.37. The Morgan fingerprint density at radius 1 is 1.41 bits per heavy atom. The van der Waals surface area contributed by atoms with Gasteiger partial charge in [-0.15, -0.1) is 0 Å². The molecule has 2 rings (SSSR count). The van der Waals surface area contributed by atoms with Gasteiger partial charge in [0.1, 0.15) is 0 Å². The van der Waals surface area contributed by atoms with Crippen LogP contribution in [0, 0.1) is 0 Å². The fourth-order valence-electron chi connectivity index (χ4n) is 1.88. The Kier molecular flexibility index (Phi) is 4.08. The van der Waals surface area contributed by atoms with E-state index in [0.29, 0.717) is 24.7 Å². The maximum atomic E-state index is 10.4. The minimum absolute atomic E-state index is 0.134. The SMILES string of the molecule is O=C(O)CCCc1nc(C2CCOCC2)no1. The first-order chi connectivity index (χ1) is 8.25. The van der Waals surface area contributed by atoms with E-state index >= 15 is 0 Å². The maximum absolute atomic E-state index is 10.4. The van der Waals surface area contributed by atoms with Crippen LogP contribution in [0.3, 0.4) is 0 Å². The highest BCUT2D eigenvalue weighted by atomic mass is 16.5. The van der Waals surface area contributed by atoms with Crippen molar-refractivity contribution in [3.63, 3.8) is 0 Å². The largest absolute Gasteiger partial charge is 0.481 e. The van der Waals surface area contributed by atoms with Gasteiger partial charge in [0.15, 0.2) is 5.82 Å². The van der Waals surface area contributed by atoms with Crippen LogP contribution in [-0.4, -0.2) is 34.4 Å². The first-order valence-electron chi connectivity index (χ1n) is 5.87. The molecular formula is C11H16N2O4. The van der Waals surface area contributed by atoms with Crippen molar-refractivity contribution >= 4 is 5.97 Å². The number of hydrogen-bond donors (Lipinski definition) is 1. The van der Waals surface area contributed by atoms with Crippen LogP contribution < -0.4 is 0 Å². The summed E-state index contributed by atoms with van der Waals surface area (Å²) >= 11 is 0. The van der Waals surface area contributed by atoms with Crippen LogP contribution in [0.1, 0.15) is 43.3 Å². The minimum Gasteiger partial charge on any atom is -0.481 e. The summed E-state index contributed by atoms with van der Waals surface area (Å²) in [5, 5.41) is 12.5. The van der Waals surface area contributed by atoms with Crippen molar-refractivity contribution in [1.29, 1.82) is 0 Å². The van der Waals surface area contributed by atoms with Crippen molar-refractivity contribution < 1.29 is 19.2 Å². The summed E-state index contributed by atoms with van der Waals surface area (Å²) < 4.78 is 10.4. The molecule has 1 fully saturated rings. The monoisotopic (exact) mass is 240 g/mol. The van der Waals surface area contributed by atoms with Crippen molar-refractivity contribution in [3.8, 4) is 0 Å². The lowest BCUT2D eigenvalue weighted by atomic mass is 10.00. The molecular weight excluding hydrogens is 224 g/mol. The van der Waals surface area contributed by atoms with Gasteiger partial charge in [0, 0.05) is 32.0 Å². The number of carbonyl (C=O) groups is 1. The van der Waals surface area contributed by atoms with Crippen LogP contribution in [0.4, 0.5) is 0 Å². The maximum Gasteiger partial charge on any atom is 0.303 e. The molecule has 6 nitrogen and oxygen atoms in total. The fourth-order valence-corrected chi connectivity index (χ4v) is 1.88. The van der Waals surface area contributed by atoms with Crippen LogP contribution in [0.2, 0.25) is 0 Å². The summed E-state index contributed by atoms with van der Waals surface area (Å²) in [5.41, 5.74) is 0. The molecule has 1 saturated heterocycles. The molecule has 0 spiro atoms. The molecule has 6 heteroatoms. The van der Waals surface area contributed by atoms with Gasteiger partial charge in [-0.3, -0.25) is 4.79 Å². The van der Waals surface area contributed by atoms with Gasteiger partial charge in [0.05, 0.1) is 0 Å². The first kappa shape index (κ1) is 12.0. The Morgan fingerprint density at radius 2 is 2.18 bits per heavy atom. The van der Waals surface area contributed by atoms with Gasteiger partial charge in [-0.1, -0.05) is 5.16 Å². The third-order valence-corrected chi connectivity index (χ3v) is 2.85. The van der Waals surface area contributed by atoms with Gasteiger partial charge in [-0.2, -0.15) is 4.98 Å². The Labute approximate surface area is 99.0 Å². The summed E-state index contributed by atoms with van der Waals surface area (Å²) in [7, 11) is 0. The van der Waals surface area contributed by atoms with Crippen LogP contribution in [0.5, 0.6) is 0 Å². The molecule has 1 aliphatic rings. The first-order valence-corrected chi connectivity index (χ1v) is 5.87. The number of carboxylic acids is 1. The summed E-state index contributed by atoms with van der Waals surface area (Å²) in [4.78, 5) is 14.7. The van der Waals surface area contributed by atoms with E-state index in [9.17, 15) is 4.79 Å². The second-order valence-electron chi connectivity index (χ2n) is 4.18. The van der Waals surface area contributed by atoms with Gasteiger partial charge < -0.3 is 14.4 Å². The lowest BCUT2D eigenvalue weighted by Gasteiger charge is -2.18. The Hall–Kier alpha value is -1.43. The number of rotatable bonds is 5. The third-order valence-electron chi connectivity index (χ3n) is 2.85. The topological polar surface area (TPSA) is 85.5 Å². The lowest BCUT2D eigenvalue weighted by Crippen LogP contribution is -2.15. The van der Waals surface area contributed by atoms with Gasteiger partial charge >= 0.3 is 5.97 Å². The van der Waals surface area contributed by atoms with Crippen molar-refractivity contribution in [2.75, 3.05) is 13.2 Å². The van der Waals surface area contributed by atoms with E-state index in [0.717, 1.165) is 31.9 Å². The zero-order valence-electron chi connectivity index (χ0n) is 9.59. The molecule has 0 atom stereocenters. The zero-order chi connectivity index (χ0) is 12.1. The molecule has 1 N–H and O–H groups in total. The van der Waals surface area contributed by atoms with Gasteiger partial charge in [-0.05, 0) is 19.3 Å². The van der Waals surface area contributed by atoms with E-state index in [-0.39, 0.29) is 6.42 Å². The molecule has 0 saturated carbocycles. The van der Waals surface area contributed by atoms with E-state index < -0.39 is 5.97 Å². The number of ether oxygens (including phenoxy) is 1. The number of aliphatic carboxylic acids is 1. The number of aromatic nitrogens is 2.